The number of guanidine groups is 1. The van der Waals surface area contributed by atoms with E-state index in [1.165, 1.54) is 69.8 Å². The first kappa shape index (κ1) is 45.4. The molecule has 65 heavy (non-hydrogen) atoms. The Bertz CT molecular complexity index is 2440. The van der Waals surface area contributed by atoms with Gasteiger partial charge in [-0.3, -0.25) is 0 Å². The number of amides is 1. The topological polar surface area (TPSA) is 78.3 Å². The Morgan fingerprint density at radius 1 is 0.677 bits per heavy atom. The van der Waals surface area contributed by atoms with Crippen LogP contribution >= 0.6 is 0 Å². The van der Waals surface area contributed by atoms with Crippen LogP contribution in [-0.2, 0) is 27.6 Å². The van der Waals surface area contributed by atoms with E-state index >= 15 is 4.79 Å². The molecular formula is C57H70N5O2Zr. The summed E-state index contributed by atoms with van der Waals surface area (Å²) >= 11 is -5.82. The van der Waals surface area contributed by atoms with Crippen LogP contribution in [0.5, 0.6) is 5.75 Å². The van der Waals surface area contributed by atoms with Gasteiger partial charge < -0.3 is 0 Å². The fourth-order valence-electron chi connectivity index (χ4n) is 12.2. The van der Waals surface area contributed by atoms with Gasteiger partial charge in [-0.05, 0) is 0 Å². The third-order valence-corrected chi connectivity index (χ3v) is 28.9. The van der Waals surface area contributed by atoms with Crippen molar-refractivity contribution in [1.29, 1.82) is 0 Å². The van der Waals surface area contributed by atoms with Gasteiger partial charge in [-0.2, -0.15) is 0 Å². The Balaban J connectivity index is 1.42. The van der Waals surface area contributed by atoms with Gasteiger partial charge in [-0.25, -0.2) is 0 Å². The number of nitrogens with one attached hydrogen (secondary N) is 2. The molecule has 3 fully saturated rings. The molecule has 8 heteroatoms. The molecule has 2 aliphatic heterocycles. The summed E-state index contributed by atoms with van der Waals surface area (Å²) < 4.78 is 19.6. The van der Waals surface area contributed by atoms with Gasteiger partial charge in [-0.1, -0.05) is 0 Å². The van der Waals surface area contributed by atoms with Crippen LogP contribution in [0.4, 0.5) is 5.69 Å². The monoisotopic (exact) mass is 946 g/mol. The molecule has 5 aromatic rings. The van der Waals surface area contributed by atoms with Crippen LogP contribution in [0, 0.1) is 5.92 Å². The van der Waals surface area contributed by atoms with Crippen molar-refractivity contribution < 1.29 is 28.9 Å². The third kappa shape index (κ3) is 9.06. The number of hydrogen-bond donors (Lipinski definition) is 2. The Kier molecular flexibility index (Phi) is 13.7. The summed E-state index contributed by atoms with van der Waals surface area (Å²) in [5.74, 6) is 2.50. The van der Waals surface area contributed by atoms with Gasteiger partial charge in [-0.15, -0.1) is 0 Å². The summed E-state index contributed by atoms with van der Waals surface area (Å²) in [6.07, 6.45) is 11.6. The van der Waals surface area contributed by atoms with Crippen LogP contribution in [-0.4, -0.2) is 35.0 Å². The van der Waals surface area contributed by atoms with Crippen LogP contribution in [0.2, 0.25) is 0 Å². The first-order valence-corrected chi connectivity index (χ1v) is 31.8. The molecule has 4 aliphatic rings. The standard InChI is InChI=1S/C22H28N3O.C21H29N2O.2C7H7.Zr/c1-14(2)16-9-8-10-17(15(3)4)21(16)19-13-24-22(23)25(19)18-11-6-7-12-20(18)26-5;22-21(24)19-14-8-7-13-18(19)20(16-9-3-1-4-10-16)15-23-17-11-5-2-6-12-17;2*1-7-5-3-2-4-6-7;/h6-12,14-15,19H,13H2,1-5H3,(H-,23,24);7-8,13-14,16-17,20H,1-6,9-12H2,(H2,22,24);2*2-6H,1H2;/q-1;;;;+2/p-1. The quantitative estimate of drug-likeness (QED) is 0.131. The minimum absolute atomic E-state index is 0.0114. The zero-order chi connectivity index (χ0) is 45.0. The van der Waals surface area contributed by atoms with Crippen LogP contribution in [0.3, 0.4) is 0 Å². The molecule has 2 heterocycles. The number of anilines is 1. The van der Waals surface area contributed by atoms with E-state index in [0.717, 1.165) is 54.2 Å². The Morgan fingerprint density at radius 3 is 1.86 bits per heavy atom. The fourth-order valence-corrected chi connectivity index (χ4v) is 27.8. The van der Waals surface area contributed by atoms with E-state index in [-0.39, 0.29) is 23.9 Å². The number of aliphatic imine (C=N–C) groups is 1. The predicted octanol–water partition coefficient (Wildman–Crippen LogP) is 13.2. The first-order valence-electron chi connectivity index (χ1n) is 24.8. The number of methoxy groups -OCH3 is 1. The van der Waals surface area contributed by atoms with Gasteiger partial charge in [0.1, 0.15) is 0 Å². The summed E-state index contributed by atoms with van der Waals surface area (Å²) in [6.45, 7) is 9.90. The zero-order valence-corrected chi connectivity index (χ0v) is 41.9. The van der Waals surface area contributed by atoms with Crippen molar-refractivity contribution in [2.45, 2.75) is 130 Å². The second kappa shape index (κ2) is 19.6. The molecule has 2 aliphatic carbocycles. The molecule has 339 valence electrons. The van der Waals surface area contributed by atoms with Crippen LogP contribution < -0.4 is 18.2 Å². The second-order valence-corrected chi connectivity index (χ2v) is 32.3. The van der Waals surface area contributed by atoms with E-state index in [1.807, 2.05) is 0 Å². The predicted molar refractivity (Wildman–Crippen MR) is 266 cm³/mol. The number of ether oxygens (including phenoxy) is 1. The van der Waals surface area contributed by atoms with Gasteiger partial charge in [0, 0.05) is 0 Å². The summed E-state index contributed by atoms with van der Waals surface area (Å²) in [5, 5.41) is 4.05. The number of rotatable bonds is 12. The van der Waals surface area contributed by atoms with Gasteiger partial charge >= 0.3 is 393 Å². The zero-order valence-electron chi connectivity index (χ0n) is 39.4. The number of benzene rings is 5. The van der Waals surface area contributed by atoms with Crippen molar-refractivity contribution in [2.75, 3.05) is 18.6 Å². The van der Waals surface area contributed by atoms with Gasteiger partial charge in [0.15, 0.2) is 0 Å². The average molecular weight is 948 g/mol. The molecule has 0 radical (unpaired) electrons. The summed E-state index contributed by atoms with van der Waals surface area (Å²) in [6, 6.07) is 45.8. The first-order chi connectivity index (χ1) is 31.7. The third-order valence-electron chi connectivity index (χ3n) is 15.2. The van der Waals surface area contributed by atoms with Gasteiger partial charge in [0.2, 0.25) is 0 Å². The molecule has 1 saturated heterocycles. The number of carbonyl (C=O) groups excluding carboxylic acids is 1. The van der Waals surface area contributed by atoms with E-state index < -0.39 is 19.4 Å². The van der Waals surface area contributed by atoms with E-state index in [4.69, 9.17) is 12.7 Å². The normalized spacial score (nSPS) is 23.1. The molecule has 7 nitrogen and oxygen atoms in total. The summed E-state index contributed by atoms with van der Waals surface area (Å²) in [5.41, 5.74) is 9.30. The molecule has 0 bridgehead atoms. The number of para-hydroxylation sites is 2. The number of carbonyl (C=O) groups is 1. The van der Waals surface area contributed by atoms with E-state index in [1.54, 1.807) is 7.11 Å². The van der Waals surface area contributed by atoms with Crippen LogP contribution in [0.15, 0.2) is 135 Å². The second-order valence-electron chi connectivity index (χ2n) is 20.2. The number of hydrogen-bond acceptors (Lipinski definition) is 4. The SMILES string of the molecule is COc1ccccc1N1C(=[N][Zr]2([CH2]c3ccccc3)([CH2]c3ccccc3)[NH]C(=O)c3ccccc3C(C3CCCCC3)[C]2=NC2CCCCC2)NCC1c1c(C(C)C)cccc1C(C)C. The maximum atomic E-state index is 15.9. The fraction of sp³-hybridized carbons (Fsp3) is 0.421. The molecular weight excluding hydrogens is 878 g/mol. The number of fused-ring (bicyclic) bond motifs is 1. The van der Waals surface area contributed by atoms with Crippen LogP contribution in [0.1, 0.15) is 159 Å². The van der Waals surface area contributed by atoms with Gasteiger partial charge in [0.05, 0.1) is 0 Å². The maximum absolute atomic E-state index is 15.9. The molecule has 2 N–H and O–H groups in total. The molecule has 2 unspecified atom stereocenters. The molecule has 2 saturated carbocycles. The molecule has 0 aromatic heterocycles. The summed E-state index contributed by atoms with van der Waals surface area (Å²) in [7, 11) is 1.77. The Morgan fingerprint density at radius 2 is 1.25 bits per heavy atom. The molecule has 1 amide bonds. The van der Waals surface area contributed by atoms with Crippen molar-refractivity contribution in [3.05, 3.63) is 166 Å². The Labute approximate surface area is 390 Å². The van der Waals surface area contributed by atoms with Crippen molar-refractivity contribution in [3.63, 3.8) is 0 Å². The van der Waals surface area contributed by atoms with Crippen LogP contribution in [0.25, 0.3) is 0 Å². The van der Waals surface area contributed by atoms with E-state index in [2.05, 4.69) is 169 Å². The van der Waals surface area contributed by atoms with E-state index in [9.17, 15) is 0 Å². The van der Waals surface area contributed by atoms with Crippen molar-refractivity contribution in [1.82, 2.24) is 8.58 Å². The van der Waals surface area contributed by atoms with Gasteiger partial charge in [0.25, 0.3) is 0 Å². The van der Waals surface area contributed by atoms with Crippen molar-refractivity contribution in [3.8, 4) is 5.75 Å². The number of nitrogens with zero attached hydrogens (tertiary/aromatic N) is 3. The molecule has 2 atom stereocenters. The Hall–Kier alpha value is -4.81. The molecule has 0 spiro atoms. The average Bonchev–Trinajstić information content (AvgIpc) is 3.71. The molecule has 5 aromatic carbocycles. The minimum atomic E-state index is -5.82. The van der Waals surface area contributed by atoms with Crippen molar-refractivity contribution in [2.24, 2.45) is 13.8 Å². The van der Waals surface area contributed by atoms with E-state index in [0.29, 0.717) is 32.6 Å². The molecule has 9 rings (SSSR count). The van der Waals surface area contributed by atoms with Crippen molar-refractivity contribution >= 4 is 21.0 Å². The summed E-state index contributed by atoms with van der Waals surface area (Å²) in [4.78, 5) is 24.7.